The minimum Gasteiger partial charge on any atom is -0.488 e. The van der Waals surface area contributed by atoms with Crippen LogP contribution in [-0.4, -0.2) is 29.2 Å². The largest absolute Gasteiger partial charge is 0.488 e. The van der Waals surface area contributed by atoms with E-state index in [2.05, 4.69) is 9.97 Å². The van der Waals surface area contributed by atoms with E-state index in [0.29, 0.717) is 42.3 Å². The highest BCUT2D eigenvalue weighted by atomic mass is 35.5. The van der Waals surface area contributed by atoms with Crippen molar-refractivity contribution in [3.8, 4) is 5.75 Å². The van der Waals surface area contributed by atoms with Gasteiger partial charge >= 0.3 is 5.97 Å². The van der Waals surface area contributed by atoms with Crippen molar-refractivity contribution in [3.05, 3.63) is 54.9 Å². The van der Waals surface area contributed by atoms with Crippen LogP contribution in [0.2, 0.25) is 10.0 Å². The molecule has 2 heterocycles. The van der Waals surface area contributed by atoms with Crippen molar-refractivity contribution >= 4 is 50.7 Å². The molecule has 0 aliphatic rings. The van der Waals surface area contributed by atoms with Crippen LogP contribution in [0.25, 0.3) is 10.2 Å². The first-order valence-electron chi connectivity index (χ1n) is 7.62. The summed E-state index contributed by atoms with van der Waals surface area (Å²) in [6, 6.07) is 4.86. The summed E-state index contributed by atoms with van der Waals surface area (Å²) in [6.45, 7) is 3.56. The number of aromatic nitrogens is 2. The first-order valence-corrected chi connectivity index (χ1v) is 9.19. The number of H-pyrrole nitrogens is 1. The van der Waals surface area contributed by atoms with Crippen LogP contribution in [0.1, 0.15) is 21.1 Å². The molecule has 6 nitrogen and oxygen atoms in total. The summed E-state index contributed by atoms with van der Waals surface area (Å²) < 4.78 is 10.7. The zero-order valence-corrected chi connectivity index (χ0v) is 16.2. The lowest BCUT2D eigenvalue weighted by Gasteiger charge is -2.08. The average Bonchev–Trinajstić information content (AvgIpc) is 2.89. The van der Waals surface area contributed by atoms with Crippen molar-refractivity contribution in [2.24, 2.45) is 0 Å². The molecule has 2 aromatic heterocycles. The number of ether oxygens (including phenoxy) is 2. The van der Waals surface area contributed by atoms with Gasteiger partial charge in [0.05, 0.1) is 10.4 Å². The van der Waals surface area contributed by atoms with E-state index in [-0.39, 0.29) is 18.8 Å². The summed E-state index contributed by atoms with van der Waals surface area (Å²) in [4.78, 5) is 32.1. The summed E-state index contributed by atoms with van der Waals surface area (Å²) >= 11 is 13.0. The molecule has 0 saturated carbocycles. The second kappa shape index (κ2) is 7.65. The molecule has 1 N–H and O–H groups in total. The maximum atomic E-state index is 12.3. The molecular weight excluding hydrogens is 399 g/mol. The van der Waals surface area contributed by atoms with Gasteiger partial charge in [0.1, 0.15) is 34.5 Å². The van der Waals surface area contributed by atoms with E-state index in [0.717, 1.165) is 11.3 Å². The monoisotopic (exact) mass is 412 g/mol. The minimum absolute atomic E-state index is 0.0360. The van der Waals surface area contributed by atoms with E-state index in [1.165, 1.54) is 0 Å². The van der Waals surface area contributed by atoms with Crippen LogP contribution in [0.15, 0.2) is 23.0 Å². The van der Waals surface area contributed by atoms with Gasteiger partial charge in [0.2, 0.25) is 0 Å². The Kier molecular flexibility index (Phi) is 5.50. The Morgan fingerprint density at radius 3 is 2.77 bits per heavy atom. The average molecular weight is 413 g/mol. The van der Waals surface area contributed by atoms with Crippen LogP contribution in [0.5, 0.6) is 5.75 Å². The quantitative estimate of drug-likeness (QED) is 0.502. The van der Waals surface area contributed by atoms with E-state index >= 15 is 0 Å². The number of carbonyl (C=O) groups is 1. The predicted molar refractivity (Wildman–Crippen MR) is 102 cm³/mol. The molecule has 3 aromatic rings. The molecule has 0 unspecified atom stereocenters. The molecule has 0 aliphatic heterocycles. The number of hydrogen-bond donors (Lipinski definition) is 1. The minimum atomic E-state index is -0.520. The highest BCUT2D eigenvalue weighted by Gasteiger charge is 2.20. The van der Waals surface area contributed by atoms with Crippen molar-refractivity contribution in [2.75, 3.05) is 13.2 Å². The second-order valence-electron chi connectivity index (χ2n) is 5.45. The number of benzene rings is 1. The van der Waals surface area contributed by atoms with Gasteiger partial charge in [0, 0.05) is 5.02 Å². The lowest BCUT2D eigenvalue weighted by atomic mass is 10.2. The fourth-order valence-corrected chi connectivity index (χ4v) is 3.97. The third-order valence-corrected chi connectivity index (χ3v) is 5.27. The summed E-state index contributed by atoms with van der Waals surface area (Å²) in [5.41, 5.74) is 0.298. The van der Waals surface area contributed by atoms with Crippen molar-refractivity contribution < 1.29 is 14.3 Å². The van der Waals surface area contributed by atoms with Gasteiger partial charge < -0.3 is 14.5 Å². The summed E-state index contributed by atoms with van der Waals surface area (Å²) in [5.74, 6) is 0.432. The van der Waals surface area contributed by atoms with E-state index < -0.39 is 5.97 Å². The molecule has 0 saturated heterocycles. The van der Waals surface area contributed by atoms with E-state index in [9.17, 15) is 9.59 Å². The van der Waals surface area contributed by atoms with Crippen molar-refractivity contribution in [1.29, 1.82) is 0 Å². The second-order valence-corrected chi connectivity index (χ2v) is 7.29. The van der Waals surface area contributed by atoms with Gasteiger partial charge in [-0.3, -0.25) is 4.79 Å². The van der Waals surface area contributed by atoms with Crippen LogP contribution >= 0.6 is 34.5 Å². The Hall–Kier alpha value is -2.09. The van der Waals surface area contributed by atoms with Crippen molar-refractivity contribution in [2.45, 2.75) is 13.8 Å². The van der Waals surface area contributed by atoms with E-state index in [1.54, 1.807) is 32.0 Å². The number of hydrogen-bond acceptors (Lipinski definition) is 6. The van der Waals surface area contributed by atoms with Crippen LogP contribution < -0.4 is 10.3 Å². The number of halogens is 2. The fourth-order valence-electron chi connectivity index (χ4n) is 2.39. The molecule has 1 aromatic carbocycles. The highest BCUT2D eigenvalue weighted by molar-refractivity contribution is 7.20. The lowest BCUT2D eigenvalue weighted by Crippen LogP contribution is -2.13. The summed E-state index contributed by atoms with van der Waals surface area (Å²) in [7, 11) is 0. The predicted octanol–water partition coefficient (Wildman–Crippen LogP) is 4.14. The molecule has 0 spiro atoms. The van der Waals surface area contributed by atoms with Gasteiger partial charge in [-0.2, -0.15) is 0 Å². The smallest absolute Gasteiger partial charge is 0.348 e. The molecule has 0 aliphatic carbocycles. The molecular formula is C17H14Cl2N2O4S. The van der Waals surface area contributed by atoms with E-state index in [4.69, 9.17) is 32.7 Å². The number of thiophene rings is 1. The number of carbonyl (C=O) groups excluding carboxylic acids is 1. The van der Waals surface area contributed by atoms with Crippen LogP contribution in [0, 0.1) is 13.8 Å². The number of aromatic amines is 1. The van der Waals surface area contributed by atoms with E-state index in [1.807, 2.05) is 0 Å². The number of rotatable bonds is 5. The Morgan fingerprint density at radius 1 is 1.27 bits per heavy atom. The highest BCUT2D eigenvalue weighted by Crippen LogP contribution is 2.28. The molecule has 0 fully saturated rings. The normalized spacial score (nSPS) is 10.9. The molecule has 0 bridgehead atoms. The number of esters is 1. The summed E-state index contributed by atoms with van der Waals surface area (Å²) in [5, 5.41) is 1.30. The number of nitrogens with zero attached hydrogens (tertiary/aromatic N) is 1. The Bertz CT molecular complexity index is 1050. The first-order chi connectivity index (χ1) is 12.4. The number of fused-ring (bicyclic) bond motifs is 1. The maximum Gasteiger partial charge on any atom is 0.348 e. The first kappa shape index (κ1) is 18.7. The van der Waals surface area contributed by atoms with Crippen molar-refractivity contribution in [3.63, 3.8) is 0 Å². The van der Waals surface area contributed by atoms with Crippen LogP contribution in [0.3, 0.4) is 0 Å². The van der Waals surface area contributed by atoms with Crippen LogP contribution in [-0.2, 0) is 4.74 Å². The lowest BCUT2D eigenvalue weighted by molar-refractivity contribution is 0.0455. The maximum absolute atomic E-state index is 12.3. The van der Waals surface area contributed by atoms with Crippen LogP contribution in [0.4, 0.5) is 0 Å². The third-order valence-electron chi connectivity index (χ3n) is 3.57. The summed E-state index contributed by atoms with van der Waals surface area (Å²) in [6.07, 6.45) is 0. The Morgan fingerprint density at radius 2 is 2.04 bits per heavy atom. The number of nitrogens with one attached hydrogen (secondary N) is 1. The zero-order valence-electron chi connectivity index (χ0n) is 13.9. The van der Waals surface area contributed by atoms with Gasteiger partial charge in [-0.1, -0.05) is 23.2 Å². The standard InChI is InChI=1S/C17H14Cl2N2O4S/c1-8-13-15(22)20-9(2)21-16(13)26-14(8)17(23)25-6-5-24-12-4-3-10(18)7-11(12)19/h3-4,7H,5-6H2,1-2H3,(H,20,21,22). The van der Waals surface area contributed by atoms with Gasteiger partial charge in [-0.25, -0.2) is 9.78 Å². The van der Waals surface area contributed by atoms with Gasteiger partial charge in [-0.15, -0.1) is 11.3 Å². The Balaban J connectivity index is 1.65. The zero-order chi connectivity index (χ0) is 18.8. The Labute approximate surface area is 162 Å². The van der Waals surface area contributed by atoms with Gasteiger partial charge in [0.25, 0.3) is 5.56 Å². The number of aryl methyl sites for hydroxylation is 2. The molecule has 0 atom stereocenters. The third kappa shape index (κ3) is 3.85. The topological polar surface area (TPSA) is 81.3 Å². The molecule has 9 heteroatoms. The molecule has 0 radical (unpaired) electrons. The molecule has 3 rings (SSSR count). The van der Waals surface area contributed by atoms with Crippen molar-refractivity contribution in [1.82, 2.24) is 9.97 Å². The molecule has 26 heavy (non-hydrogen) atoms. The fraction of sp³-hybridized carbons (Fsp3) is 0.235. The van der Waals surface area contributed by atoms with Gasteiger partial charge in [-0.05, 0) is 37.6 Å². The molecule has 136 valence electrons. The SMILES string of the molecule is Cc1nc2sc(C(=O)OCCOc3ccc(Cl)cc3Cl)c(C)c2c(=O)[nH]1. The van der Waals surface area contributed by atoms with Gasteiger partial charge in [0.15, 0.2) is 0 Å². The molecule has 0 amide bonds.